The van der Waals surface area contributed by atoms with Crippen LogP contribution in [0.3, 0.4) is 0 Å². The molecule has 3 nitrogen and oxygen atoms in total. The molecule has 1 aliphatic heterocycles. The Labute approximate surface area is 137 Å². The average molecular weight is 354 g/mol. The third-order valence-corrected chi connectivity index (χ3v) is 5.24. The van der Waals surface area contributed by atoms with Crippen LogP contribution in [0.1, 0.15) is 36.9 Å². The number of benzene rings is 1. The molecular formula is C17H28BrN3. The van der Waals surface area contributed by atoms with E-state index < -0.39 is 0 Å². The summed E-state index contributed by atoms with van der Waals surface area (Å²) in [5.74, 6) is 0. The second-order valence-electron chi connectivity index (χ2n) is 6.19. The van der Waals surface area contributed by atoms with Crippen LogP contribution in [0.2, 0.25) is 0 Å². The first-order valence-corrected chi connectivity index (χ1v) is 8.76. The number of halogens is 1. The van der Waals surface area contributed by atoms with Crippen molar-refractivity contribution in [3.05, 3.63) is 33.8 Å². The summed E-state index contributed by atoms with van der Waals surface area (Å²) in [6, 6.07) is 7.50. The fourth-order valence-electron chi connectivity index (χ4n) is 3.38. The van der Waals surface area contributed by atoms with E-state index in [0.717, 1.165) is 13.1 Å². The van der Waals surface area contributed by atoms with E-state index in [4.69, 9.17) is 5.73 Å². The number of rotatable bonds is 4. The second-order valence-corrected chi connectivity index (χ2v) is 7.05. The van der Waals surface area contributed by atoms with Gasteiger partial charge in [0.15, 0.2) is 0 Å². The number of hydrogen-bond donors (Lipinski definition) is 1. The fraction of sp³-hybridized carbons (Fsp3) is 0.647. The summed E-state index contributed by atoms with van der Waals surface area (Å²) in [5, 5.41) is 0. The molecule has 0 amide bonds. The lowest BCUT2D eigenvalue weighted by atomic mass is 10.0. The summed E-state index contributed by atoms with van der Waals surface area (Å²) < 4.78 is 1.19. The van der Waals surface area contributed by atoms with E-state index in [2.05, 4.69) is 64.8 Å². The van der Waals surface area contributed by atoms with Crippen LogP contribution in [-0.4, -0.2) is 49.1 Å². The zero-order valence-corrected chi connectivity index (χ0v) is 15.1. The number of likely N-dealkylation sites (N-methyl/N-ethyl adjacent to an activating group) is 1. The highest BCUT2D eigenvalue weighted by molar-refractivity contribution is 9.10. The van der Waals surface area contributed by atoms with Gasteiger partial charge in [0.25, 0.3) is 0 Å². The zero-order chi connectivity index (χ0) is 15.4. The van der Waals surface area contributed by atoms with Crippen LogP contribution in [0.4, 0.5) is 0 Å². The maximum atomic E-state index is 6.17. The van der Waals surface area contributed by atoms with Gasteiger partial charge in [-0.2, -0.15) is 0 Å². The van der Waals surface area contributed by atoms with Crippen molar-refractivity contribution in [1.82, 2.24) is 9.80 Å². The van der Waals surface area contributed by atoms with Gasteiger partial charge in [0, 0.05) is 36.2 Å². The first-order chi connectivity index (χ1) is 10.1. The molecule has 2 atom stereocenters. The van der Waals surface area contributed by atoms with Gasteiger partial charge >= 0.3 is 0 Å². The summed E-state index contributed by atoms with van der Waals surface area (Å²) in [5.41, 5.74) is 8.78. The maximum Gasteiger partial charge on any atom is 0.0485 e. The Morgan fingerprint density at radius 2 is 2.14 bits per heavy atom. The molecule has 0 saturated carbocycles. The number of hydrogen-bond acceptors (Lipinski definition) is 3. The van der Waals surface area contributed by atoms with Gasteiger partial charge in [-0.15, -0.1) is 0 Å². The van der Waals surface area contributed by atoms with Crippen LogP contribution in [0.5, 0.6) is 0 Å². The van der Waals surface area contributed by atoms with Gasteiger partial charge in [0.1, 0.15) is 0 Å². The molecule has 118 valence electrons. The molecule has 2 rings (SSSR count). The van der Waals surface area contributed by atoms with Gasteiger partial charge in [-0.3, -0.25) is 4.90 Å². The molecule has 1 aromatic carbocycles. The summed E-state index contributed by atoms with van der Waals surface area (Å²) in [7, 11) is 2.23. The van der Waals surface area contributed by atoms with E-state index in [1.165, 1.54) is 35.0 Å². The van der Waals surface area contributed by atoms with Crippen LogP contribution < -0.4 is 5.73 Å². The van der Waals surface area contributed by atoms with E-state index in [0.29, 0.717) is 18.6 Å². The SMILES string of the molecule is CCC1CN(C)CCCN1C(CN)c1ccc(C)cc1Br. The number of nitrogens with two attached hydrogens (primary N) is 1. The highest BCUT2D eigenvalue weighted by Crippen LogP contribution is 2.31. The number of nitrogens with zero attached hydrogens (tertiary/aromatic N) is 2. The first kappa shape index (κ1) is 16.9. The molecule has 0 radical (unpaired) electrons. The summed E-state index contributed by atoms with van der Waals surface area (Å²) in [4.78, 5) is 5.07. The minimum absolute atomic E-state index is 0.302. The summed E-state index contributed by atoms with van der Waals surface area (Å²) >= 11 is 3.74. The average Bonchev–Trinajstić information content (AvgIpc) is 2.63. The molecule has 1 saturated heterocycles. The van der Waals surface area contributed by atoms with Crippen molar-refractivity contribution in [2.24, 2.45) is 5.73 Å². The van der Waals surface area contributed by atoms with Gasteiger partial charge < -0.3 is 10.6 Å². The molecule has 0 aromatic heterocycles. The Balaban J connectivity index is 2.29. The summed E-state index contributed by atoms with van der Waals surface area (Å²) in [6.07, 6.45) is 2.39. The molecule has 0 spiro atoms. The molecule has 2 unspecified atom stereocenters. The third kappa shape index (κ3) is 4.07. The molecular weight excluding hydrogens is 326 g/mol. The van der Waals surface area contributed by atoms with Crippen LogP contribution in [0.25, 0.3) is 0 Å². The molecule has 4 heteroatoms. The van der Waals surface area contributed by atoms with Gasteiger partial charge in [-0.25, -0.2) is 0 Å². The fourth-order valence-corrected chi connectivity index (χ4v) is 4.14. The highest BCUT2D eigenvalue weighted by Gasteiger charge is 2.29. The van der Waals surface area contributed by atoms with Crippen LogP contribution in [-0.2, 0) is 0 Å². The van der Waals surface area contributed by atoms with Crippen LogP contribution in [0.15, 0.2) is 22.7 Å². The molecule has 0 aliphatic carbocycles. The highest BCUT2D eigenvalue weighted by atomic mass is 79.9. The standard InChI is InChI=1S/C17H28BrN3/c1-4-14-12-20(3)8-5-9-21(14)17(11-19)15-7-6-13(2)10-16(15)18/h6-7,10,14,17H,4-5,8-9,11-12,19H2,1-3H3. The normalized spacial score (nSPS) is 23.0. The van der Waals surface area contributed by atoms with Gasteiger partial charge in [0.2, 0.25) is 0 Å². The van der Waals surface area contributed by atoms with E-state index in [1.54, 1.807) is 0 Å². The third-order valence-electron chi connectivity index (χ3n) is 4.56. The largest absolute Gasteiger partial charge is 0.329 e. The van der Waals surface area contributed by atoms with Gasteiger partial charge in [0.05, 0.1) is 0 Å². The second kappa shape index (κ2) is 7.73. The number of aryl methyl sites for hydroxylation is 1. The first-order valence-electron chi connectivity index (χ1n) is 7.97. The van der Waals surface area contributed by atoms with E-state index in [-0.39, 0.29) is 0 Å². The molecule has 0 bridgehead atoms. The molecule has 1 heterocycles. The lowest BCUT2D eigenvalue weighted by Gasteiger charge is -2.37. The molecule has 2 N–H and O–H groups in total. The van der Waals surface area contributed by atoms with Gasteiger partial charge in [-0.05, 0) is 50.6 Å². The predicted molar refractivity (Wildman–Crippen MR) is 93.6 cm³/mol. The van der Waals surface area contributed by atoms with E-state index in [9.17, 15) is 0 Å². The van der Waals surface area contributed by atoms with Crippen molar-refractivity contribution in [2.45, 2.75) is 38.8 Å². The van der Waals surface area contributed by atoms with E-state index >= 15 is 0 Å². The summed E-state index contributed by atoms with van der Waals surface area (Å²) in [6.45, 7) is 8.53. The van der Waals surface area contributed by atoms with Crippen LogP contribution in [0, 0.1) is 6.92 Å². The monoisotopic (exact) mass is 353 g/mol. The Bertz CT molecular complexity index is 463. The van der Waals surface area contributed by atoms with E-state index in [1.807, 2.05) is 0 Å². The maximum absolute atomic E-state index is 6.17. The quantitative estimate of drug-likeness (QED) is 0.902. The Hall–Kier alpha value is -0.420. The smallest absolute Gasteiger partial charge is 0.0485 e. The van der Waals surface area contributed by atoms with Crippen molar-refractivity contribution in [1.29, 1.82) is 0 Å². The minimum atomic E-state index is 0.302. The molecule has 21 heavy (non-hydrogen) atoms. The van der Waals surface area contributed by atoms with Gasteiger partial charge in [-0.1, -0.05) is 35.0 Å². The lowest BCUT2D eigenvalue weighted by molar-refractivity contribution is 0.130. The topological polar surface area (TPSA) is 32.5 Å². The molecule has 1 aromatic rings. The molecule has 1 aliphatic rings. The van der Waals surface area contributed by atoms with Crippen LogP contribution >= 0.6 is 15.9 Å². The molecule has 1 fully saturated rings. The Kier molecular flexibility index (Phi) is 6.23. The van der Waals surface area contributed by atoms with Crippen molar-refractivity contribution in [3.63, 3.8) is 0 Å². The zero-order valence-electron chi connectivity index (χ0n) is 13.5. The lowest BCUT2D eigenvalue weighted by Crippen LogP contribution is -2.44. The van der Waals surface area contributed by atoms with Crippen molar-refractivity contribution < 1.29 is 0 Å². The Morgan fingerprint density at radius 1 is 1.38 bits per heavy atom. The van der Waals surface area contributed by atoms with Crippen molar-refractivity contribution >= 4 is 15.9 Å². The van der Waals surface area contributed by atoms with Crippen molar-refractivity contribution in [2.75, 3.05) is 33.2 Å². The Morgan fingerprint density at radius 3 is 2.76 bits per heavy atom. The minimum Gasteiger partial charge on any atom is -0.329 e. The van der Waals surface area contributed by atoms with Crippen molar-refractivity contribution in [3.8, 4) is 0 Å². The predicted octanol–water partition coefficient (Wildman–Crippen LogP) is 3.17.